The second kappa shape index (κ2) is 8.91. The molecule has 1 N–H and O–H groups in total. The molecule has 4 heteroatoms. The number of carbonyl (C=O) groups excluding carboxylic acids is 1. The highest BCUT2D eigenvalue weighted by molar-refractivity contribution is 6.04. The Hall–Kier alpha value is -3.14. The molecule has 1 amide bonds. The second-order valence-corrected chi connectivity index (χ2v) is 8.13. The van der Waals surface area contributed by atoms with E-state index in [-0.39, 0.29) is 11.3 Å². The van der Waals surface area contributed by atoms with Crippen LogP contribution >= 0.6 is 0 Å². The number of benzene rings is 2. The molecule has 0 unspecified atom stereocenters. The minimum atomic E-state index is -0.186. The van der Waals surface area contributed by atoms with E-state index in [0.717, 1.165) is 12.8 Å². The van der Waals surface area contributed by atoms with Crippen molar-refractivity contribution in [1.82, 2.24) is 4.98 Å². The predicted molar refractivity (Wildman–Crippen MR) is 118 cm³/mol. The minimum Gasteiger partial charge on any atom is -0.437 e. The molecular weight excluding hydrogens is 360 g/mol. The van der Waals surface area contributed by atoms with Gasteiger partial charge >= 0.3 is 0 Å². The van der Waals surface area contributed by atoms with E-state index in [1.807, 2.05) is 48.5 Å². The van der Waals surface area contributed by atoms with Gasteiger partial charge in [0.25, 0.3) is 5.91 Å². The predicted octanol–water partition coefficient (Wildman–Crippen LogP) is 6.38. The van der Waals surface area contributed by atoms with Crippen molar-refractivity contribution in [2.75, 3.05) is 5.32 Å². The van der Waals surface area contributed by atoms with Crippen LogP contribution in [0.15, 0.2) is 66.9 Å². The van der Waals surface area contributed by atoms with Crippen LogP contribution in [0.5, 0.6) is 11.6 Å². The Labute approximate surface area is 173 Å². The van der Waals surface area contributed by atoms with Crippen molar-refractivity contribution >= 4 is 11.6 Å². The number of rotatable bonds is 6. The van der Waals surface area contributed by atoms with E-state index in [1.165, 1.54) is 11.1 Å². The lowest BCUT2D eigenvalue weighted by Crippen LogP contribution is -2.13. The monoisotopic (exact) mass is 388 g/mol. The minimum absolute atomic E-state index is 0.0787. The van der Waals surface area contributed by atoms with Crippen molar-refractivity contribution in [1.29, 1.82) is 0 Å². The molecule has 2 aromatic carbocycles. The lowest BCUT2D eigenvalue weighted by Gasteiger charge is -2.19. The molecule has 150 valence electrons. The summed E-state index contributed by atoms with van der Waals surface area (Å²) in [4.78, 5) is 16.9. The molecular formula is C25H28N2O2. The van der Waals surface area contributed by atoms with Crippen LogP contribution in [0.25, 0.3) is 0 Å². The van der Waals surface area contributed by atoms with Crippen molar-refractivity contribution in [2.45, 2.75) is 46.0 Å². The molecule has 29 heavy (non-hydrogen) atoms. The number of anilines is 1. The molecule has 0 aliphatic rings. The molecule has 0 spiro atoms. The standard InChI is InChI=1S/C25H28N2O2/c1-5-7-18-9-11-19(12-10-18)23(28)27-22-8-6-17-26-24(22)29-21-15-13-20(14-16-21)25(2,3)4/h6,8-17H,5,7H2,1-4H3,(H,27,28). The van der Waals surface area contributed by atoms with E-state index in [9.17, 15) is 4.79 Å². The average molecular weight is 389 g/mol. The van der Waals surface area contributed by atoms with Crippen LogP contribution in [0.4, 0.5) is 5.69 Å². The van der Waals surface area contributed by atoms with Crippen LogP contribution in [-0.2, 0) is 11.8 Å². The number of nitrogens with zero attached hydrogens (tertiary/aromatic N) is 1. The Bertz CT molecular complexity index is 955. The van der Waals surface area contributed by atoms with Crippen molar-refractivity contribution in [2.24, 2.45) is 0 Å². The quantitative estimate of drug-likeness (QED) is 0.533. The van der Waals surface area contributed by atoms with Gasteiger partial charge in [-0.1, -0.05) is 58.4 Å². The van der Waals surface area contributed by atoms with Crippen molar-refractivity contribution < 1.29 is 9.53 Å². The topological polar surface area (TPSA) is 51.2 Å². The summed E-state index contributed by atoms with van der Waals surface area (Å²) in [6.45, 7) is 8.65. The largest absolute Gasteiger partial charge is 0.437 e. The van der Waals surface area contributed by atoms with E-state index in [4.69, 9.17) is 4.74 Å². The third-order valence-electron chi connectivity index (χ3n) is 4.71. The smallest absolute Gasteiger partial charge is 0.255 e. The van der Waals surface area contributed by atoms with Gasteiger partial charge in [0, 0.05) is 11.8 Å². The van der Waals surface area contributed by atoms with Crippen LogP contribution in [-0.4, -0.2) is 10.9 Å². The Kier molecular flexibility index (Phi) is 6.32. The van der Waals surface area contributed by atoms with Crippen LogP contribution in [0.3, 0.4) is 0 Å². The summed E-state index contributed by atoms with van der Waals surface area (Å²) < 4.78 is 5.94. The Balaban J connectivity index is 1.74. The first kappa shape index (κ1) is 20.6. The van der Waals surface area contributed by atoms with Gasteiger partial charge in [-0.15, -0.1) is 0 Å². The molecule has 3 rings (SSSR count). The van der Waals surface area contributed by atoms with Gasteiger partial charge < -0.3 is 10.1 Å². The highest BCUT2D eigenvalue weighted by Gasteiger charge is 2.15. The maximum absolute atomic E-state index is 12.6. The zero-order valence-corrected chi connectivity index (χ0v) is 17.5. The molecule has 0 aliphatic carbocycles. The fourth-order valence-electron chi connectivity index (χ4n) is 3.01. The summed E-state index contributed by atoms with van der Waals surface area (Å²) in [5.74, 6) is 0.858. The van der Waals surface area contributed by atoms with E-state index in [0.29, 0.717) is 22.9 Å². The van der Waals surface area contributed by atoms with Crippen molar-refractivity contribution in [3.8, 4) is 11.6 Å². The van der Waals surface area contributed by atoms with E-state index in [1.54, 1.807) is 18.3 Å². The summed E-state index contributed by atoms with van der Waals surface area (Å²) in [7, 11) is 0. The van der Waals surface area contributed by atoms with Gasteiger partial charge in [0.1, 0.15) is 11.4 Å². The van der Waals surface area contributed by atoms with E-state index < -0.39 is 0 Å². The van der Waals surface area contributed by atoms with Crippen LogP contribution < -0.4 is 10.1 Å². The molecule has 0 saturated carbocycles. The number of carbonyl (C=O) groups is 1. The molecule has 0 radical (unpaired) electrons. The lowest BCUT2D eigenvalue weighted by atomic mass is 9.87. The SMILES string of the molecule is CCCc1ccc(C(=O)Nc2cccnc2Oc2ccc(C(C)(C)C)cc2)cc1. The molecule has 3 aromatic rings. The number of aryl methyl sites for hydroxylation is 1. The summed E-state index contributed by atoms with van der Waals surface area (Å²) in [6, 6.07) is 19.2. The number of amides is 1. The summed E-state index contributed by atoms with van der Waals surface area (Å²) in [5.41, 5.74) is 3.68. The maximum atomic E-state index is 12.6. The number of hydrogen-bond donors (Lipinski definition) is 1. The molecule has 0 fully saturated rings. The third-order valence-corrected chi connectivity index (χ3v) is 4.71. The number of aromatic nitrogens is 1. The number of ether oxygens (including phenoxy) is 1. The van der Waals surface area contributed by atoms with Crippen molar-refractivity contribution in [3.63, 3.8) is 0 Å². The molecule has 1 aromatic heterocycles. The molecule has 0 aliphatic heterocycles. The van der Waals surface area contributed by atoms with Crippen molar-refractivity contribution in [3.05, 3.63) is 83.6 Å². The number of nitrogens with one attached hydrogen (secondary N) is 1. The zero-order valence-electron chi connectivity index (χ0n) is 17.5. The normalized spacial score (nSPS) is 11.2. The van der Waals surface area contributed by atoms with Gasteiger partial charge in [-0.05, 0) is 59.4 Å². The van der Waals surface area contributed by atoms with Gasteiger partial charge in [-0.25, -0.2) is 4.98 Å². The average Bonchev–Trinajstić information content (AvgIpc) is 2.70. The van der Waals surface area contributed by atoms with Gasteiger partial charge in [0.05, 0.1) is 0 Å². The molecule has 1 heterocycles. The molecule has 4 nitrogen and oxygen atoms in total. The fourth-order valence-corrected chi connectivity index (χ4v) is 3.01. The molecule has 0 bridgehead atoms. The van der Waals surface area contributed by atoms with Gasteiger partial charge in [-0.3, -0.25) is 4.79 Å². The first-order valence-corrected chi connectivity index (χ1v) is 10.0. The maximum Gasteiger partial charge on any atom is 0.255 e. The first-order valence-electron chi connectivity index (χ1n) is 10.0. The first-order chi connectivity index (χ1) is 13.9. The summed E-state index contributed by atoms with van der Waals surface area (Å²) in [5, 5.41) is 2.91. The van der Waals surface area contributed by atoms with Gasteiger partial charge in [0.2, 0.25) is 5.88 Å². The Morgan fingerprint density at radius 2 is 1.69 bits per heavy atom. The zero-order chi connectivity index (χ0) is 20.9. The Morgan fingerprint density at radius 1 is 1.00 bits per heavy atom. The summed E-state index contributed by atoms with van der Waals surface area (Å²) >= 11 is 0. The van der Waals surface area contributed by atoms with Crippen LogP contribution in [0.1, 0.15) is 55.6 Å². The second-order valence-electron chi connectivity index (χ2n) is 8.13. The molecule has 0 atom stereocenters. The highest BCUT2D eigenvalue weighted by atomic mass is 16.5. The Morgan fingerprint density at radius 3 is 2.31 bits per heavy atom. The number of hydrogen-bond acceptors (Lipinski definition) is 3. The third kappa shape index (κ3) is 5.44. The highest BCUT2D eigenvalue weighted by Crippen LogP contribution is 2.29. The molecule has 0 saturated heterocycles. The summed E-state index contributed by atoms with van der Waals surface area (Å²) in [6.07, 6.45) is 3.74. The lowest BCUT2D eigenvalue weighted by molar-refractivity contribution is 0.102. The number of pyridine rings is 1. The van der Waals surface area contributed by atoms with E-state index in [2.05, 4.69) is 38.0 Å². The van der Waals surface area contributed by atoms with E-state index >= 15 is 0 Å². The van der Waals surface area contributed by atoms with Crippen LogP contribution in [0, 0.1) is 0 Å². The van der Waals surface area contributed by atoms with Gasteiger partial charge in [0.15, 0.2) is 0 Å². The van der Waals surface area contributed by atoms with Crippen LogP contribution in [0.2, 0.25) is 0 Å². The van der Waals surface area contributed by atoms with Gasteiger partial charge in [-0.2, -0.15) is 0 Å². The fraction of sp³-hybridized carbons (Fsp3) is 0.280.